The highest BCUT2D eigenvalue weighted by molar-refractivity contribution is 9.13. The third-order valence-corrected chi connectivity index (χ3v) is 7.22. The molecule has 0 aliphatic heterocycles. The van der Waals surface area contributed by atoms with Crippen molar-refractivity contribution in [3.63, 3.8) is 0 Å². The predicted octanol–water partition coefficient (Wildman–Crippen LogP) is 5.80. The summed E-state index contributed by atoms with van der Waals surface area (Å²) in [6.45, 7) is 0. The van der Waals surface area contributed by atoms with Gasteiger partial charge >= 0.3 is 7.12 Å². The summed E-state index contributed by atoms with van der Waals surface area (Å²) in [6, 6.07) is 22.9. The largest absolute Gasteiger partial charge is 0.497 e. The molecule has 0 bridgehead atoms. The van der Waals surface area contributed by atoms with E-state index in [9.17, 15) is 0 Å². The van der Waals surface area contributed by atoms with Crippen molar-refractivity contribution in [1.82, 2.24) is 15.0 Å². The lowest BCUT2D eigenvalue weighted by atomic mass is 9.81. The van der Waals surface area contributed by atoms with Crippen molar-refractivity contribution < 1.29 is 19.5 Å². The molecule has 0 aliphatic carbocycles. The first kappa shape index (κ1) is 30.0. The summed E-state index contributed by atoms with van der Waals surface area (Å²) >= 11 is 6.72. The summed E-state index contributed by atoms with van der Waals surface area (Å²) in [5.74, 6) is 1.70. The average Bonchev–Trinajstić information content (AvgIpc) is 3.00. The summed E-state index contributed by atoms with van der Waals surface area (Å²) in [7, 11) is 1.95. The van der Waals surface area contributed by atoms with E-state index in [0.29, 0.717) is 5.46 Å². The van der Waals surface area contributed by atoms with Crippen molar-refractivity contribution in [2.75, 3.05) is 14.2 Å². The van der Waals surface area contributed by atoms with Gasteiger partial charge in [-0.15, -0.1) is 0 Å². The molecule has 3 heterocycles. The fourth-order valence-electron chi connectivity index (χ4n) is 3.34. The Hall–Kier alpha value is -3.57. The third-order valence-electron chi connectivity index (χ3n) is 5.34. The van der Waals surface area contributed by atoms with Gasteiger partial charge in [-0.05, 0) is 126 Å². The first-order valence-corrected chi connectivity index (χ1v) is 13.3. The van der Waals surface area contributed by atoms with Crippen LogP contribution in [0.4, 0.5) is 0 Å². The minimum atomic E-state index is -1.38. The van der Waals surface area contributed by atoms with Crippen LogP contribution >= 0.6 is 31.9 Å². The Morgan fingerprint density at radius 2 is 1.03 bits per heavy atom. The number of halogens is 2. The second kappa shape index (κ2) is 15.8. The molecular weight excluding hydrogens is 625 g/mol. The van der Waals surface area contributed by atoms with Crippen LogP contribution in [0.2, 0.25) is 0 Å². The Bertz CT molecular complexity index is 1430. The quantitative estimate of drug-likeness (QED) is 0.232. The Kier molecular flexibility index (Phi) is 12.1. The lowest BCUT2D eigenvalue weighted by Gasteiger charge is -2.12. The second-order valence-corrected chi connectivity index (χ2v) is 9.53. The molecule has 5 rings (SSSR count). The zero-order valence-corrected chi connectivity index (χ0v) is 24.5. The van der Waals surface area contributed by atoms with E-state index in [1.807, 2.05) is 54.6 Å². The molecule has 0 amide bonds. The number of aromatic nitrogens is 3. The maximum absolute atomic E-state index is 8.55. The van der Waals surface area contributed by atoms with Crippen LogP contribution in [0.15, 0.2) is 119 Å². The minimum absolute atomic E-state index is 0.463. The molecule has 10 heteroatoms. The van der Waals surface area contributed by atoms with Crippen LogP contribution in [0, 0.1) is 0 Å². The molecule has 5 aromatic rings. The van der Waals surface area contributed by atoms with Gasteiger partial charge in [-0.3, -0.25) is 15.0 Å². The fourth-order valence-corrected chi connectivity index (χ4v) is 3.95. The molecule has 198 valence electrons. The maximum Gasteiger partial charge on any atom is 0.488 e. The van der Waals surface area contributed by atoms with Crippen LogP contribution in [-0.2, 0) is 0 Å². The topological polar surface area (TPSA) is 97.6 Å². The standard InChI is InChI=1S/C17H14N2O.C7H6Br2O.C5H6BNO2/c1-20-15-2-3-16(13-4-8-18-9-5-13)17(12-15)14-6-10-19-11-7-14;1-10-5-2-3-6(8)7(9)4-5;8-6(9)5-1-3-7-4-2-5/h2-12H,1H3;2-4H,1H3;1-4,8-9H. The molecule has 0 saturated carbocycles. The molecule has 0 spiro atoms. The highest BCUT2D eigenvalue weighted by atomic mass is 79.9. The number of hydrogen-bond acceptors (Lipinski definition) is 7. The molecule has 2 N–H and O–H groups in total. The number of pyridine rings is 3. The third kappa shape index (κ3) is 9.29. The average molecular weight is 651 g/mol. The molecule has 0 unspecified atom stereocenters. The second-order valence-electron chi connectivity index (χ2n) is 7.82. The number of nitrogens with zero attached hydrogens (tertiary/aromatic N) is 3. The van der Waals surface area contributed by atoms with Crippen molar-refractivity contribution >= 4 is 44.4 Å². The summed E-state index contributed by atoms with van der Waals surface area (Å²) in [5, 5.41) is 17.1. The van der Waals surface area contributed by atoms with Gasteiger partial charge in [0.15, 0.2) is 0 Å². The van der Waals surface area contributed by atoms with Gasteiger partial charge in [-0.1, -0.05) is 6.07 Å². The predicted molar refractivity (Wildman–Crippen MR) is 162 cm³/mol. The van der Waals surface area contributed by atoms with E-state index in [2.05, 4.69) is 52.9 Å². The molecule has 3 aromatic heterocycles. The lowest BCUT2D eigenvalue weighted by molar-refractivity contribution is 0.414. The highest BCUT2D eigenvalue weighted by Gasteiger charge is 2.09. The van der Waals surface area contributed by atoms with E-state index >= 15 is 0 Å². The van der Waals surface area contributed by atoms with E-state index in [4.69, 9.17) is 19.5 Å². The SMILES string of the molecule is COc1ccc(-c2ccncc2)c(-c2ccncc2)c1.COc1ccc(Br)c(Br)c1.OB(O)c1ccncc1. The van der Waals surface area contributed by atoms with Gasteiger partial charge in [0.05, 0.1) is 14.2 Å². The summed E-state index contributed by atoms with van der Waals surface area (Å²) < 4.78 is 12.4. The van der Waals surface area contributed by atoms with E-state index in [0.717, 1.165) is 42.7 Å². The van der Waals surface area contributed by atoms with E-state index in [1.165, 1.54) is 12.4 Å². The molecule has 0 saturated heterocycles. The van der Waals surface area contributed by atoms with Crippen LogP contribution in [-0.4, -0.2) is 46.3 Å². The molecule has 7 nitrogen and oxygen atoms in total. The zero-order valence-electron chi connectivity index (χ0n) is 21.3. The molecular formula is C29H26BBr2N3O4. The van der Waals surface area contributed by atoms with Gasteiger partial charge in [-0.25, -0.2) is 0 Å². The van der Waals surface area contributed by atoms with Crippen LogP contribution in [0.25, 0.3) is 22.3 Å². The van der Waals surface area contributed by atoms with Gasteiger partial charge in [0, 0.05) is 46.1 Å². The van der Waals surface area contributed by atoms with Crippen molar-refractivity contribution in [3.05, 3.63) is 119 Å². The lowest BCUT2D eigenvalue weighted by Crippen LogP contribution is -2.29. The molecule has 0 fully saturated rings. The van der Waals surface area contributed by atoms with Gasteiger partial charge in [0.25, 0.3) is 0 Å². The Morgan fingerprint density at radius 1 is 0.564 bits per heavy atom. The first-order chi connectivity index (χ1) is 18.9. The van der Waals surface area contributed by atoms with Crippen molar-refractivity contribution in [2.45, 2.75) is 0 Å². The monoisotopic (exact) mass is 649 g/mol. The van der Waals surface area contributed by atoms with Crippen molar-refractivity contribution in [2.24, 2.45) is 0 Å². The van der Waals surface area contributed by atoms with E-state index in [1.54, 1.807) is 51.1 Å². The van der Waals surface area contributed by atoms with E-state index in [-0.39, 0.29) is 0 Å². The van der Waals surface area contributed by atoms with Gasteiger partial charge < -0.3 is 19.5 Å². The number of rotatable bonds is 5. The Labute approximate surface area is 245 Å². The van der Waals surface area contributed by atoms with Crippen LogP contribution < -0.4 is 14.9 Å². The number of hydrogen-bond donors (Lipinski definition) is 2. The zero-order chi connectivity index (χ0) is 28.0. The first-order valence-electron chi connectivity index (χ1n) is 11.7. The number of benzene rings is 2. The molecule has 0 atom stereocenters. The Balaban J connectivity index is 0.000000185. The van der Waals surface area contributed by atoms with Gasteiger partial charge in [0.2, 0.25) is 0 Å². The Morgan fingerprint density at radius 3 is 1.49 bits per heavy atom. The molecule has 39 heavy (non-hydrogen) atoms. The number of methoxy groups -OCH3 is 2. The maximum atomic E-state index is 8.55. The summed E-state index contributed by atoms with van der Waals surface area (Å²) in [5.41, 5.74) is 4.99. The minimum Gasteiger partial charge on any atom is -0.497 e. The molecule has 0 radical (unpaired) electrons. The fraction of sp³-hybridized carbons (Fsp3) is 0.0690. The highest BCUT2D eigenvalue weighted by Crippen LogP contribution is 2.34. The summed E-state index contributed by atoms with van der Waals surface area (Å²) in [4.78, 5) is 11.9. The van der Waals surface area contributed by atoms with Crippen LogP contribution in [0.3, 0.4) is 0 Å². The van der Waals surface area contributed by atoms with Crippen molar-refractivity contribution in [1.29, 1.82) is 0 Å². The van der Waals surface area contributed by atoms with Crippen molar-refractivity contribution in [3.8, 4) is 33.8 Å². The van der Waals surface area contributed by atoms with E-state index < -0.39 is 7.12 Å². The smallest absolute Gasteiger partial charge is 0.488 e. The molecule has 0 aliphatic rings. The van der Waals surface area contributed by atoms with Gasteiger partial charge in [0.1, 0.15) is 11.5 Å². The number of ether oxygens (including phenoxy) is 2. The van der Waals surface area contributed by atoms with Gasteiger partial charge in [-0.2, -0.15) is 0 Å². The van der Waals surface area contributed by atoms with Crippen LogP contribution in [0.5, 0.6) is 11.5 Å². The molecule has 2 aromatic carbocycles. The van der Waals surface area contributed by atoms with Crippen LogP contribution in [0.1, 0.15) is 0 Å². The summed E-state index contributed by atoms with van der Waals surface area (Å²) in [6.07, 6.45) is 10.2. The normalized spacial score (nSPS) is 9.79.